The lowest BCUT2D eigenvalue weighted by Gasteiger charge is -2.35. The summed E-state index contributed by atoms with van der Waals surface area (Å²) >= 11 is 0. The Bertz CT molecular complexity index is 471. The van der Waals surface area contributed by atoms with Crippen molar-refractivity contribution in [3.8, 4) is 0 Å². The highest BCUT2D eigenvalue weighted by atomic mass is 16.5. The molecule has 3 rings (SSSR count). The summed E-state index contributed by atoms with van der Waals surface area (Å²) in [6.07, 6.45) is 4.62. The second-order valence-corrected chi connectivity index (χ2v) is 6.80. The number of hydrogen-bond acceptors (Lipinski definition) is 5. The summed E-state index contributed by atoms with van der Waals surface area (Å²) in [5, 5.41) is 13.5. The van der Waals surface area contributed by atoms with E-state index in [1.807, 2.05) is 10.9 Å². The van der Waals surface area contributed by atoms with E-state index in [0.29, 0.717) is 18.6 Å². The summed E-state index contributed by atoms with van der Waals surface area (Å²) in [5.74, 6) is 0.587. The van der Waals surface area contributed by atoms with Crippen molar-refractivity contribution in [1.82, 2.24) is 19.6 Å². The Hall–Kier alpha value is -0.950. The number of hydrogen-bond donors (Lipinski definition) is 1. The lowest BCUT2D eigenvalue weighted by molar-refractivity contribution is -0.0211. The summed E-state index contributed by atoms with van der Waals surface area (Å²) in [4.78, 5) is 5.11. The van der Waals surface area contributed by atoms with Crippen molar-refractivity contribution in [2.75, 3.05) is 52.5 Å². The van der Waals surface area contributed by atoms with E-state index in [1.165, 1.54) is 18.5 Å². The summed E-state index contributed by atoms with van der Waals surface area (Å²) < 4.78 is 7.57. The Balaban J connectivity index is 1.42. The maximum atomic E-state index is 9.13. The van der Waals surface area contributed by atoms with Crippen molar-refractivity contribution in [1.29, 1.82) is 0 Å². The van der Waals surface area contributed by atoms with Gasteiger partial charge in [0.15, 0.2) is 0 Å². The van der Waals surface area contributed by atoms with Gasteiger partial charge in [-0.2, -0.15) is 5.10 Å². The second kappa shape index (κ2) is 8.24. The molecule has 6 nitrogen and oxygen atoms in total. The molecule has 0 amide bonds. The van der Waals surface area contributed by atoms with Gasteiger partial charge in [0.2, 0.25) is 0 Å². The highest BCUT2D eigenvalue weighted by Gasteiger charge is 2.24. The van der Waals surface area contributed by atoms with Crippen LogP contribution in [0, 0.1) is 0 Å². The van der Waals surface area contributed by atoms with Crippen LogP contribution in [0.1, 0.15) is 31.4 Å². The zero-order valence-electron chi connectivity index (χ0n) is 14.2. The maximum absolute atomic E-state index is 9.13. The molecule has 0 aromatic carbocycles. The van der Waals surface area contributed by atoms with E-state index < -0.39 is 0 Å². The minimum absolute atomic E-state index is 0.158. The molecule has 1 aromatic heterocycles. The molecule has 6 heteroatoms. The maximum Gasteiger partial charge on any atom is 0.0674 e. The largest absolute Gasteiger partial charge is 0.394 e. The summed E-state index contributed by atoms with van der Waals surface area (Å²) in [5.41, 5.74) is 1.29. The summed E-state index contributed by atoms with van der Waals surface area (Å²) in [6, 6.07) is 2.12. The molecule has 1 atom stereocenters. The van der Waals surface area contributed by atoms with E-state index in [-0.39, 0.29) is 6.61 Å². The molecule has 3 heterocycles. The molecule has 2 saturated heterocycles. The van der Waals surface area contributed by atoms with Crippen molar-refractivity contribution >= 4 is 0 Å². The first-order valence-electron chi connectivity index (χ1n) is 8.95. The van der Waals surface area contributed by atoms with Gasteiger partial charge in [-0.3, -0.25) is 9.58 Å². The fourth-order valence-electron chi connectivity index (χ4n) is 3.80. The van der Waals surface area contributed by atoms with Crippen LogP contribution in [0.15, 0.2) is 12.3 Å². The molecule has 2 fully saturated rings. The number of nitrogens with zero attached hydrogens (tertiary/aromatic N) is 4. The van der Waals surface area contributed by atoms with E-state index in [1.54, 1.807) is 0 Å². The predicted molar refractivity (Wildman–Crippen MR) is 89.6 cm³/mol. The Labute approximate surface area is 139 Å². The standard InChI is InChI=1S/C17H30N4O2/c1-15-14-20(11-13-23-15)9-8-19-6-3-16(4-7-19)17-2-5-18-21(17)10-12-22/h2,5,15-16,22H,3-4,6-14H2,1H3. The summed E-state index contributed by atoms with van der Waals surface area (Å²) in [7, 11) is 0. The molecule has 1 unspecified atom stereocenters. The molecular weight excluding hydrogens is 292 g/mol. The molecular formula is C17H30N4O2. The number of ether oxygens (including phenoxy) is 1. The number of aliphatic hydroxyl groups excluding tert-OH is 1. The number of piperidine rings is 1. The molecule has 23 heavy (non-hydrogen) atoms. The molecule has 0 bridgehead atoms. The average Bonchev–Trinajstić information content (AvgIpc) is 3.02. The minimum atomic E-state index is 0.158. The molecule has 0 saturated carbocycles. The van der Waals surface area contributed by atoms with Gasteiger partial charge >= 0.3 is 0 Å². The fraction of sp³-hybridized carbons (Fsp3) is 0.824. The number of likely N-dealkylation sites (tertiary alicyclic amines) is 1. The zero-order valence-corrected chi connectivity index (χ0v) is 14.2. The van der Waals surface area contributed by atoms with Gasteiger partial charge < -0.3 is 14.7 Å². The molecule has 0 aliphatic carbocycles. The zero-order chi connectivity index (χ0) is 16.1. The number of rotatable bonds is 6. The van der Waals surface area contributed by atoms with Gasteiger partial charge in [-0.05, 0) is 38.9 Å². The van der Waals surface area contributed by atoms with Crippen molar-refractivity contribution in [2.45, 2.75) is 38.3 Å². The molecule has 0 radical (unpaired) electrons. The van der Waals surface area contributed by atoms with Gasteiger partial charge in [0.25, 0.3) is 0 Å². The van der Waals surface area contributed by atoms with E-state index in [2.05, 4.69) is 27.9 Å². The van der Waals surface area contributed by atoms with Crippen LogP contribution in [0.3, 0.4) is 0 Å². The van der Waals surface area contributed by atoms with Gasteiger partial charge in [0, 0.05) is 44.0 Å². The monoisotopic (exact) mass is 322 g/mol. The van der Waals surface area contributed by atoms with Crippen molar-refractivity contribution < 1.29 is 9.84 Å². The Kier molecular flexibility index (Phi) is 6.05. The normalized spacial score (nSPS) is 25.0. The Morgan fingerprint density at radius 1 is 1.17 bits per heavy atom. The second-order valence-electron chi connectivity index (χ2n) is 6.80. The average molecular weight is 322 g/mol. The Morgan fingerprint density at radius 3 is 2.70 bits per heavy atom. The number of aliphatic hydroxyl groups is 1. The van der Waals surface area contributed by atoms with Crippen LogP contribution in [0.5, 0.6) is 0 Å². The molecule has 1 N–H and O–H groups in total. The first-order chi connectivity index (χ1) is 11.3. The first-order valence-corrected chi connectivity index (χ1v) is 8.95. The predicted octanol–water partition coefficient (Wildman–Crippen LogP) is 0.776. The molecule has 1 aromatic rings. The van der Waals surface area contributed by atoms with E-state index >= 15 is 0 Å². The minimum Gasteiger partial charge on any atom is -0.394 e. The highest BCUT2D eigenvalue weighted by molar-refractivity contribution is 5.09. The van der Waals surface area contributed by atoms with E-state index in [9.17, 15) is 0 Å². The van der Waals surface area contributed by atoms with Crippen molar-refractivity contribution in [3.63, 3.8) is 0 Å². The van der Waals surface area contributed by atoms with Crippen LogP contribution in [0.2, 0.25) is 0 Å². The SMILES string of the molecule is CC1CN(CCN2CCC(c3ccnn3CCO)CC2)CCO1. The van der Waals surface area contributed by atoms with Gasteiger partial charge in [-0.15, -0.1) is 0 Å². The lowest BCUT2D eigenvalue weighted by atomic mass is 9.93. The topological polar surface area (TPSA) is 53.8 Å². The molecule has 2 aliphatic rings. The smallest absolute Gasteiger partial charge is 0.0674 e. The van der Waals surface area contributed by atoms with Gasteiger partial charge in [0.1, 0.15) is 0 Å². The number of morpholine rings is 1. The quantitative estimate of drug-likeness (QED) is 0.839. The van der Waals surface area contributed by atoms with Crippen LogP contribution < -0.4 is 0 Å². The van der Waals surface area contributed by atoms with Gasteiger partial charge in [-0.25, -0.2) is 0 Å². The highest BCUT2D eigenvalue weighted by Crippen LogP contribution is 2.27. The van der Waals surface area contributed by atoms with E-state index in [4.69, 9.17) is 9.84 Å². The third-order valence-corrected chi connectivity index (χ3v) is 5.12. The van der Waals surface area contributed by atoms with Crippen LogP contribution in [0.25, 0.3) is 0 Å². The van der Waals surface area contributed by atoms with Crippen molar-refractivity contribution in [2.24, 2.45) is 0 Å². The molecule has 2 aliphatic heterocycles. The third-order valence-electron chi connectivity index (χ3n) is 5.12. The number of aromatic nitrogens is 2. The third kappa shape index (κ3) is 4.53. The lowest BCUT2D eigenvalue weighted by Crippen LogP contribution is -2.45. The van der Waals surface area contributed by atoms with Crippen LogP contribution in [0.4, 0.5) is 0 Å². The van der Waals surface area contributed by atoms with Gasteiger partial charge in [-0.1, -0.05) is 0 Å². The molecule has 0 spiro atoms. The first kappa shape index (κ1) is 16.9. The van der Waals surface area contributed by atoms with E-state index in [0.717, 1.165) is 45.9 Å². The van der Waals surface area contributed by atoms with Gasteiger partial charge in [0.05, 0.1) is 25.9 Å². The Morgan fingerprint density at radius 2 is 1.96 bits per heavy atom. The van der Waals surface area contributed by atoms with Crippen molar-refractivity contribution in [3.05, 3.63) is 18.0 Å². The van der Waals surface area contributed by atoms with Crippen LogP contribution in [-0.4, -0.2) is 83.3 Å². The van der Waals surface area contributed by atoms with Crippen LogP contribution in [-0.2, 0) is 11.3 Å². The fourth-order valence-corrected chi connectivity index (χ4v) is 3.80. The van der Waals surface area contributed by atoms with Crippen LogP contribution >= 0.6 is 0 Å². The molecule has 130 valence electrons. The summed E-state index contributed by atoms with van der Waals surface area (Å²) in [6.45, 7) is 10.6.